The summed E-state index contributed by atoms with van der Waals surface area (Å²) in [6, 6.07) is 11.9. The molecule has 1 aliphatic heterocycles. The highest BCUT2D eigenvalue weighted by Gasteiger charge is 2.27. The zero-order valence-corrected chi connectivity index (χ0v) is 20.0. The fourth-order valence-electron chi connectivity index (χ4n) is 3.27. The van der Waals surface area contributed by atoms with Gasteiger partial charge in [0.2, 0.25) is 15.9 Å². The third-order valence-corrected chi connectivity index (χ3v) is 7.41. The van der Waals surface area contributed by atoms with Crippen LogP contribution >= 0.6 is 11.6 Å². The van der Waals surface area contributed by atoms with Crippen molar-refractivity contribution in [2.75, 3.05) is 39.5 Å². The number of rotatable bonds is 9. The van der Waals surface area contributed by atoms with Crippen LogP contribution in [0.15, 0.2) is 47.4 Å². The lowest BCUT2D eigenvalue weighted by molar-refractivity contribution is -0.121. The third-order valence-electron chi connectivity index (χ3n) is 5.18. The Kier molecular flexibility index (Phi) is 8.85. The van der Waals surface area contributed by atoms with Crippen molar-refractivity contribution in [1.29, 1.82) is 0 Å². The van der Waals surface area contributed by atoms with Gasteiger partial charge in [0.1, 0.15) is 6.61 Å². The fraction of sp³-hybridized carbons (Fsp3) is 0.391. The number of hydrogen-bond acceptors (Lipinski definition) is 6. The van der Waals surface area contributed by atoms with Gasteiger partial charge in [-0.3, -0.25) is 4.79 Å². The third kappa shape index (κ3) is 7.01. The number of morpholine rings is 1. The number of benzene rings is 2. The van der Waals surface area contributed by atoms with Crippen LogP contribution in [0.5, 0.6) is 0 Å². The van der Waals surface area contributed by atoms with E-state index < -0.39 is 16.0 Å². The van der Waals surface area contributed by atoms with Crippen molar-refractivity contribution in [2.24, 2.45) is 0 Å². The van der Waals surface area contributed by atoms with E-state index in [1.165, 1.54) is 22.5 Å². The van der Waals surface area contributed by atoms with Crippen molar-refractivity contribution < 1.29 is 27.5 Å². The van der Waals surface area contributed by atoms with E-state index >= 15 is 0 Å². The van der Waals surface area contributed by atoms with Crippen LogP contribution in [0.4, 0.5) is 0 Å². The van der Waals surface area contributed by atoms with Gasteiger partial charge in [-0.15, -0.1) is 0 Å². The summed E-state index contributed by atoms with van der Waals surface area (Å²) in [5.74, 6) is -0.906. The summed E-state index contributed by atoms with van der Waals surface area (Å²) in [7, 11) is -3.77. The normalized spacial score (nSPS) is 14.6. The number of hydrogen-bond donors (Lipinski definition) is 1. The van der Waals surface area contributed by atoms with Crippen LogP contribution in [0.3, 0.4) is 0 Å². The molecule has 0 atom stereocenters. The molecule has 2 aromatic carbocycles. The molecule has 33 heavy (non-hydrogen) atoms. The molecule has 0 spiro atoms. The van der Waals surface area contributed by atoms with Crippen molar-refractivity contribution in [3.63, 3.8) is 0 Å². The number of ether oxygens (including phenoxy) is 2. The molecule has 3 rings (SSSR count). The molecule has 1 fully saturated rings. The number of carbonyl (C=O) groups excluding carboxylic acids is 2. The van der Waals surface area contributed by atoms with Crippen molar-refractivity contribution >= 4 is 33.5 Å². The van der Waals surface area contributed by atoms with Crippen molar-refractivity contribution in [3.05, 3.63) is 64.2 Å². The number of sulfonamides is 1. The van der Waals surface area contributed by atoms with Gasteiger partial charge in [0, 0.05) is 19.5 Å². The lowest BCUT2D eigenvalue weighted by Gasteiger charge is -2.26. The molecule has 2 aromatic rings. The van der Waals surface area contributed by atoms with E-state index in [4.69, 9.17) is 21.1 Å². The van der Waals surface area contributed by atoms with Gasteiger partial charge in [0.25, 0.3) is 0 Å². The number of carbonyl (C=O) groups is 2. The van der Waals surface area contributed by atoms with Crippen LogP contribution < -0.4 is 5.32 Å². The first-order chi connectivity index (χ1) is 15.8. The van der Waals surface area contributed by atoms with Gasteiger partial charge in [0.05, 0.1) is 35.2 Å². The quantitative estimate of drug-likeness (QED) is 0.424. The average molecular weight is 495 g/mol. The molecule has 10 heteroatoms. The van der Waals surface area contributed by atoms with Gasteiger partial charge in [-0.2, -0.15) is 4.31 Å². The smallest absolute Gasteiger partial charge is 0.339 e. The molecule has 1 amide bonds. The van der Waals surface area contributed by atoms with E-state index in [1.807, 2.05) is 31.2 Å². The molecule has 1 heterocycles. The van der Waals surface area contributed by atoms with Crippen molar-refractivity contribution in [1.82, 2.24) is 9.62 Å². The van der Waals surface area contributed by atoms with Crippen LogP contribution in [-0.4, -0.2) is 64.1 Å². The highest BCUT2D eigenvalue weighted by atomic mass is 35.5. The van der Waals surface area contributed by atoms with E-state index in [2.05, 4.69) is 5.32 Å². The number of aryl methyl sites for hydroxylation is 2. The molecule has 0 bridgehead atoms. The lowest BCUT2D eigenvalue weighted by Crippen LogP contribution is -2.40. The van der Waals surface area contributed by atoms with Gasteiger partial charge in [0.15, 0.2) is 0 Å². The summed E-state index contributed by atoms with van der Waals surface area (Å²) in [6.07, 6.45) is 0.941. The molecule has 0 aliphatic carbocycles. The van der Waals surface area contributed by atoms with E-state index in [1.54, 1.807) is 0 Å². The topological polar surface area (TPSA) is 102 Å². The minimum atomic E-state index is -3.77. The Balaban J connectivity index is 1.49. The second-order valence-electron chi connectivity index (χ2n) is 7.63. The molecule has 0 saturated carbocycles. The van der Waals surface area contributed by atoms with Gasteiger partial charge in [-0.1, -0.05) is 41.4 Å². The molecular weight excluding hydrogens is 468 g/mol. The first-order valence-electron chi connectivity index (χ1n) is 10.6. The molecule has 0 aromatic heterocycles. The van der Waals surface area contributed by atoms with Crippen LogP contribution in [0.2, 0.25) is 5.02 Å². The van der Waals surface area contributed by atoms with E-state index in [0.717, 1.165) is 11.1 Å². The first-order valence-corrected chi connectivity index (χ1v) is 12.5. The van der Waals surface area contributed by atoms with Crippen LogP contribution in [0.1, 0.15) is 27.9 Å². The SMILES string of the molecule is Cc1ccc(CCC(=O)NCCOC(=O)c2cc(S(=O)(=O)N3CCOCC3)ccc2Cl)cc1. The lowest BCUT2D eigenvalue weighted by atomic mass is 10.1. The minimum absolute atomic E-state index is 0.0369. The monoisotopic (exact) mass is 494 g/mol. The Morgan fingerprint density at radius 3 is 2.52 bits per heavy atom. The number of esters is 1. The Morgan fingerprint density at radius 1 is 1.12 bits per heavy atom. The molecule has 0 radical (unpaired) electrons. The van der Waals surface area contributed by atoms with E-state index in [0.29, 0.717) is 26.1 Å². The van der Waals surface area contributed by atoms with Crippen molar-refractivity contribution in [2.45, 2.75) is 24.7 Å². The zero-order valence-electron chi connectivity index (χ0n) is 18.4. The predicted molar refractivity (Wildman–Crippen MR) is 124 cm³/mol. The summed E-state index contributed by atoms with van der Waals surface area (Å²) >= 11 is 6.10. The van der Waals surface area contributed by atoms with Crippen LogP contribution in [0, 0.1) is 6.92 Å². The molecule has 8 nitrogen and oxygen atoms in total. The summed E-state index contributed by atoms with van der Waals surface area (Å²) in [4.78, 5) is 24.4. The van der Waals surface area contributed by atoms with E-state index in [-0.39, 0.29) is 47.6 Å². The standard InChI is InChI=1S/C23H27ClN2O6S/c1-17-2-4-18(5-3-17)6-9-22(27)25-10-13-32-23(28)20-16-19(7-8-21(20)24)33(29,30)26-11-14-31-15-12-26/h2-5,7-8,16H,6,9-15H2,1H3,(H,25,27). The summed E-state index contributed by atoms with van der Waals surface area (Å²) < 4.78 is 37.3. The minimum Gasteiger partial charge on any atom is -0.460 e. The average Bonchev–Trinajstić information content (AvgIpc) is 2.82. The second-order valence-corrected chi connectivity index (χ2v) is 9.97. The highest BCUT2D eigenvalue weighted by molar-refractivity contribution is 7.89. The van der Waals surface area contributed by atoms with Gasteiger partial charge >= 0.3 is 5.97 Å². The maximum atomic E-state index is 12.8. The number of halogens is 1. The van der Waals surface area contributed by atoms with Crippen LogP contribution in [0.25, 0.3) is 0 Å². The second kappa shape index (κ2) is 11.6. The van der Waals surface area contributed by atoms with Crippen LogP contribution in [-0.2, 0) is 30.7 Å². The predicted octanol–water partition coefficient (Wildman–Crippen LogP) is 2.58. The molecule has 1 saturated heterocycles. The van der Waals surface area contributed by atoms with Gasteiger partial charge in [-0.25, -0.2) is 13.2 Å². The molecular formula is C23H27ClN2O6S. The largest absolute Gasteiger partial charge is 0.460 e. The van der Waals surface area contributed by atoms with Gasteiger partial charge in [-0.05, 0) is 37.1 Å². The Morgan fingerprint density at radius 2 is 1.82 bits per heavy atom. The van der Waals surface area contributed by atoms with Gasteiger partial charge < -0.3 is 14.8 Å². The first kappa shape index (κ1) is 25.2. The maximum Gasteiger partial charge on any atom is 0.339 e. The number of nitrogens with one attached hydrogen (secondary N) is 1. The fourth-order valence-corrected chi connectivity index (χ4v) is 4.90. The molecule has 1 aliphatic rings. The highest BCUT2D eigenvalue weighted by Crippen LogP contribution is 2.24. The molecule has 1 N–H and O–H groups in total. The van der Waals surface area contributed by atoms with E-state index in [9.17, 15) is 18.0 Å². The summed E-state index contributed by atoms with van der Waals surface area (Å²) in [6.45, 7) is 3.21. The Labute approximate surface area is 198 Å². The summed E-state index contributed by atoms with van der Waals surface area (Å²) in [5.41, 5.74) is 2.19. The molecule has 178 valence electrons. The number of amides is 1. The summed E-state index contributed by atoms with van der Waals surface area (Å²) in [5, 5.41) is 2.79. The van der Waals surface area contributed by atoms with Crippen molar-refractivity contribution in [3.8, 4) is 0 Å². The maximum absolute atomic E-state index is 12.8. The zero-order chi connectivity index (χ0) is 23.8. The molecule has 0 unspecified atom stereocenters. The Hall–Kier alpha value is -2.46. The number of nitrogens with zero attached hydrogens (tertiary/aromatic N) is 1. The Bertz CT molecular complexity index is 1080.